The Balaban J connectivity index is 1.93. The summed E-state index contributed by atoms with van der Waals surface area (Å²) in [4.78, 5) is 8.78. The number of hydrogen-bond donors (Lipinski definition) is 3. The number of aromatic nitrogens is 2. The van der Waals surface area contributed by atoms with E-state index in [-0.39, 0.29) is 13.2 Å². The van der Waals surface area contributed by atoms with Gasteiger partial charge in [-0.3, -0.25) is 4.99 Å². The van der Waals surface area contributed by atoms with Crippen LogP contribution in [0.25, 0.3) is 10.9 Å². The molecule has 2 aromatic heterocycles. The van der Waals surface area contributed by atoms with Crippen molar-refractivity contribution in [2.45, 2.75) is 32.7 Å². The topological polar surface area (TPSA) is 137 Å². The molecule has 8 heteroatoms. The maximum absolute atomic E-state index is 12.7. The first-order chi connectivity index (χ1) is 14.3. The molecule has 5 N–H and O–H groups in total. The molecule has 0 aliphatic rings. The van der Waals surface area contributed by atoms with Crippen molar-refractivity contribution in [1.29, 1.82) is 0 Å². The van der Waals surface area contributed by atoms with Gasteiger partial charge in [0.1, 0.15) is 18.1 Å². The zero-order valence-corrected chi connectivity index (χ0v) is 17.3. The third-order valence-corrected chi connectivity index (χ3v) is 5.05. The summed E-state index contributed by atoms with van der Waals surface area (Å²) in [5, 5.41) is 27.0. The van der Waals surface area contributed by atoms with Gasteiger partial charge < -0.3 is 21.9 Å². The summed E-state index contributed by atoms with van der Waals surface area (Å²) in [6.07, 6.45) is 1.53. The second-order valence-corrected chi connectivity index (χ2v) is 7.79. The lowest BCUT2D eigenvalue weighted by Crippen LogP contribution is -2.44. The highest BCUT2D eigenvalue weighted by Crippen LogP contribution is 2.23. The molecule has 0 atom stereocenters. The van der Waals surface area contributed by atoms with E-state index < -0.39 is 5.41 Å². The molecule has 0 saturated carbocycles. The number of fused-ring (bicyclic) bond motifs is 1. The molecule has 30 heavy (non-hydrogen) atoms. The third-order valence-electron chi connectivity index (χ3n) is 5.05. The SMILES string of the molecule is Cc1cccc2c(C(C=NCc3cccc(C(C)(C)CO)[n+]3[O-])=NN)cc(N)nc12. The first-order valence-corrected chi connectivity index (χ1v) is 9.55. The lowest BCUT2D eigenvalue weighted by molar-refractivity contribution is -0.626. The van der Waals surface area contributed by atoms with E-state index in [9.17, 15) is 10.3 Å². The van der Waals surface area contributed by atoms with Gasteiger partial charge in [0.15, 0.2) is 0 Å². The van der Waals surface area contributed by atoms with Crippen molar-refractivity contribution in [2.75, 3.05) is 12.3 Å². The molecule has 0 aliphatic heterocycles. The molecule has 0 spiro atoms. The normalized spacial score (nSPS) is 12.7. The molecule has 0 unspecified atom stereocenters. The predicted octanol–water partition coefficient (Wildman–Crippen LogP) is 1.96. The molecule has 3 rings (SSSR count). The molecule has 156 valence electrons. The van der Waals surface area contributed by atoms with Crippen LogP contribution < -0.4 is 16.3 Å². The van der Waals surface area contributed by atoms with E-state index in [2.05, 4.69) is 15.1 Å². The number of aliphatic hydroxyl groups excluding tert-OH is 1. The number of pyridine rings is 2. The summed E-state index contributed by atoms with van der Waals surface area (Å²) in [6, 6.07) is 12.7. The van der Waals surface area contributed by atoms with Crippen LogP contribution in [0.5, 0.6) is 0 Å². The van der Waals surface area contributed by atoms with Gasteiger partial charge in [0.05, 0.1) is 23.8 Å². The Labute approximate surface area is 175 Å². The Bertz CT molecular complexity index is 1140. The van der Waals surface area contributed by atoms with Gasteiger partial charge in [0.25, 0.3) is 0 Å². The van der Waals surface area contributed by atoms with Crippen LogP contribution in [0.1, 0.15) is 36.4 Å². The van der Waals surface area contributed by atoms with Gasteiger partial charge in [-0.1, -0.05) is 18.2 Å². The molecule has 0 saturated heterocycles. The van der Waals surface area contributed by atoms with Gasteiger partial charge in [0.2, 0.25) is 11.4 Å². The van der Waals surface area contributed by atoms with E-state index in [4.69, 9.17) is 11.6 Å². The largest absolute Gasteiger partial charge is 0.618 e. The fourth-order valence-corrected chi connectivity index (χ4v) is 3.26. The Morgan fingerprint density at radius 3 is 2.70 bits per heavy atom. The molecule has 8 nitrogen and oxygen atoms in total. The maximum Gasteiger partial charge on any atom is 0.214 e. The zero-order valence-electron chi connectivity index (χ0n) is 17.3. The van der Waals surface area contributed by atoms with Crippen molar-refractivity contribution in [3.63, 3.8) is 0 Å². The number of aliphatic hydroxyl groups is 1. The number of benzene rings is 1. The molecule has 0 aliphatic carbocycles. The van der Waals surface area contributed by atoms with Crippen LogP contribution in [0.15, 0.2) is 52.6 Å². The summed E-state index contributed by atoms with van der Waals surface area (Å²) >= 11 is 0. The Hall–Kier alpha value is -3.52. The number of hydrazone groups is 1. The number of anilines is 1. The lowest BCUT2D eigenvalue weighted by atomic mass is 9.90. The van der Waals surface area contributed by atoms with E-state index in [1.807, 2.05) is 39.0 Å². The second kappa shape index (κ2) is 8.46. The minimum Gasteiger partial charge on any atom is -0.618 e. The first-order valence-electron chi connectivity index (χ1n) is 9.55. The minimum atomic E-state index is -0.656. The van der Waals surface area contributed by atoms with Crippen LogP contribution in [0, 0.1) is 12.1 Å². The molecule has 2 heterocycles. The average Bonchev–Trinajstić information content (AvgIpc) is 2.72. The maximum atomic E-state index is 12.7. The number of nitrogen functional groups attached to an aromatic ring is 1. The second-order valence-electron chi connectivity index (χ2n) is 7.79. The molecular formula is C22H26N6O2. The summed E-state index contributed by atoms with van der Waals surface area (Å²) in [5.41, 5.74) is 9.18. The van der Waals surface area contributed by atoms with Crippen LogP contribution in [-0.2, 0) is 12.0 Å². The highest BCUT2D eigenvalue weighted by atomic mass is 16.5. The fraction of sp³-hybridized carbons (Fsp3) is 0.273. The molecular weight excluding hydrogens is 380 g/mol. The molecule has 0 bridgehead atoms. The van der Waals surface area contributed by atoms with Crippen LogP contribution >= 0.6 is 0 Å². The lowest BCUT2D eigenvalue weighted by Gasteiger charge is -2.21. The Kier molecular flexibility index (Phi) is 5.98. The molecule has 0 amide bonds. The number of nitrogens with zero attached hydrogens (tertiary/aromatic N) is 4. The smallest absolute Gasteiger partial charge is 0.214 e. The summed E-state index contributed by atoms with van der Waals surface area (Å²) in [7, 11) is 0. The van der Waals surface area contributed by atoms with Crippen LogP contribution in [0.3, 0.4) is 0 Å². The van der Waals surface area contributed by atoms with Gasteiger partial charge in [-0.25, -0.2) is 4.98 Å². The van der Waals surface area contributed by atoms with E-state index in [0.29, 0.717) is 22.9 Å². The molecule has 1 aromatic carbocycles. The van der Waals surface area contributed by atoms with E-state index in [1.54, 1.807) is 24.3 Å². The van der Waals surface area contributed by atoms with Crippen LogP contribution in [0.2, 0.25) is 0 Å². The molecule has 0 radical (unpaired) electrons. The summed E-state index contributed by atoms with van der Waals surface area (Å²) in [6.45, 7) is 5.57. The van der Waals surface area contributed by atoms with Gasteiger partial charge in [-0.2, -0.15) is 9.83 Å². The fourth-order valence-electron chi connectivity index (χ4n) is 3.26. The van der Waals surface area contributed by atoms with Gasteiger partial charge in [0, 0.05) is 23.1 Å². The van der Waals surface area contributed by atoms with E-state index >= 15 is 0 Å². The number of aliphatic imine (C=N–C) groups is 1. The van der Waals surface area contributed by atoms with Gasteiger partial charge >= 0.3 is 0 Å². The Morgan fingerprint density at radius 2 is 2.00 bits per heavy atom. The first kappa shape index (κ1) is 21.2. The van der Waals surface area contributed by atoms with Crippen LogP contribution in [0.4, 0.5) is 5.82 Å². The molecule has 3 aromatic rings. The number of hydrogen-bond acceptors (Lipinski definition) is 7. The van der Waals surface area contributed by atoms with Crippen molar-refractivity contribution >= 4 is 28.6 Å². The third kappa shape index (κ3) is 4.08. The van der Waals surface area contributed by atoms with E-state index in [0.717, 1.165) is 26.8 Å². The van der Waals surface area contributed by atoms with Crippen molar-refractivity contribution < 1.29 is 9.84 Å². The standard InChI is InChI=1S/C22H26N6O2/c1-14-6-4-8-16-17(10-20(23)26-21(14)16)18(27-24)12-25-11-15-7-5-9-19(28(15)30)22(2,3)13-29/h4-10,12,29H,11,13,24H2,1-3H3,(H2,23,26). The van der Waals surface area contributed by atoms with Crippen LogP contribution in [-0.4, -0.2) is 28.6 Å². The summed E-state index contributed by atoms with van der Waals surface area (Å²) < 4.78 is 0.815. The minimum absolute atomic E-state index is 0.134. The quantitative estimate of drug-likeness (QED) is 0.189. The van der Waals surface area contributed by atoms with Crippen molar-refractivity contribution in [1.82, 2.24) is 4.98 Å². The van der Waals surface area contributed by atoms with Gasteiger partial charge in [-0.15, -0.1) is 0 Å². The number of rotatable bonds is 6. The van der Waals surface area contributed by atoms with Crippen molar-refractivity contribution in [3.05, 3.63) is 70.2 Å². The Morgan fingerprint density at radius 1 is 1.27 bits per heavy atom. The van der Waals surface area contributed by atoms with Crippen molar-refractivity contribution in [2.24, 2.45) is 15.9 Å². The van der Waals surface area contributed by atoms with Gasteiger partial charge in [-0.05, 0) is 38.5 Å². The average molecular weight is 406 g/mol. The number of aryl methyl sites for hydroxylation is 1. The number of nitrogens with two attached hydrogens (primary N) is 2. The summed E-state index contributed by atoms with van der Waals surface area (Å²) in [5.74, 6) is 5.99. The zero-order chi connectivity index (χ0) is 21.9. The van der Waals surface area contributed by atoms with Crippen molar-refractivity contribution in [3.8, 4) is 0 Å². The van der Waals surface area contributed by atoms with E-state index in [1.165, 1.54) is 6.21 Å². The highest BCUT2D eigenvalue weighted by molar-refractivity contribution is 6.40. The molecule has 0 fully saturated rings. The number of para-hydroxylation sites is 1. The monoisotopic (exact) mass is 406 g/mol. The predicted molar refractivity (Wildman–Crippen MR) is 119 cm³/mol. The highest BCUT2D eigenvalue weighted by Gasteiger charge is 2.28.